The van der Waals surface area contributed by atoms with Crippen molar-refractivity contribution in [3.8, 4) is 6.07 Å². The van der Waals surface area contributed by atoms with Crippen molar-refractivity contribution in [3.63, 3.8) is 0 Å². The fraction of sp³-hybridized carbons (Fsp3) is 0.432. The molecule has 0 bridgehead atoms. The highest BCUT2D eigenvalue weighted by Crippen LogP contribution is 2.37. The molecule has 61 heavy (non-hydrogen) atoms. The fourth-order valence-electron chi connectivity index (χ4n) is 9.46. The van der Waals surface area contributed by atoms with E-state index in [2.05, 4.69) is 26.7 Å². The Bertz CT molecular complexity index is 2600. The number of hydrogen-bond donors (Lipinski definition) is 3. The molecule has 9 rings (SSSR count). The highest BCUT2D eigenvalue weighted by molar-refractivity contribution is 6.05. The Hall–Kier alpha value is -6.25. The molecule has 5 aromatic rings. The summed E-state index contributed by atoms with van der Waals surface area (Å²) in [7, 11) is 0. The molecule has 15 nitrogen and oxygen atoms in total. The number of aliphatic hydroxyl groups is 1. The van der Waals surface area contributed by atoms with Gasteiger partial charge < -0.3 is 20.2 Å². The van der Waals surface area contributed by atoms with E-state index in [1.54, 1.807) is 36.9 Å². The van der Waals surface area contributed by atoms with Crippen LogP contribution in [0.15, 0.2) is 54.9 Å². The van der Waals surface area contributed by atoms with E-state index in [1.165, 1.54) is 22.8 Å². The number of carbonyl (C=O) groups is 4. The summed E-state index contributed by atoms with van der Waals surface area (Å²) < 4.78 is 33.7. The standard InChI is InChI=1S/C44H46F2N10O5/c1-44(2,61)33-19-36-26(16-37(33)49-42(59)38-9-7-30-15-25(20-47)21-48-56(30)38)24-55(51-36)29-5-3-28(4-6-29)52-11-13-53(14-12-52)43(60)27-22-54(23-27)31-17-34(45)40(35(46)18-31)32-8-10-39(57)50-41(32)58/h7,9,15-19,21,24,27-29,32,61H,3-6,8,10-14,22-23H2,1-2H3,(H,49,59)(H,50,57,58)/t28?,29?,32-/m1/s1. The first-order valence-electron chi connectivity index (χ1n) is 20.8. The second-order valence-corrected chi connectivity index (χ2v) is 17.2. The Morgan fingerprint density at radius 3 is 2.33 bits per heavy atom. The van der Waals surface area contributed by atoms with Crippen LogP contribution in [0.1, 0.15) is 91.5 Å². The SMILES string of the molecule is CC(C)(O)c1cc2nn(C3CCC(N4CCN(C(=O)C5CN(c6cc(F)c([C@H]7CCC(=O)NC7=O)c(F)c6)C5)CC4)CC3)cc2cc1NC(=O)c1ccc2cc(C#N)cnn12. The van der Waals surface area contributed by atoms with E-state index >= 15 is 8.78 Å². The van der Waals surface area contributed by atoms with Gasteiger partial charge in [-0.2, -0.15) is 15.5 Å². The molecule has 1 aliphatic carbocycles. The molecule has 3 saturated heterocycles. The molecule has 3 aliphatic heterocycles. The van der Waals surface area contributed by atoms with Gasteiger partial charge in [-0.1, -0.05) is 0 Å². The van der Waals surface area contributed by atoms with Gasteiger partial charge in [-0.3, -0.25) is 34.1 Å². The summed E-state index contributed by atoms with van der Waals surface area (Å²) >= 11 is 0. The van der Waals surface area contributed by atoms with Gasteiger partial charge in [-0.05, 0) is 88.4 Å². The first kappa shape index (κ1) is 40.2. The summed E-state index contributed by atoms with van der Waals surface area (Å²) in [6, 6.07) is 13.7. The van der Waals surface area contributed by atoms with Crippen molar-refractivity contribution in [1.82, 2.24) is 34.5 Å². The van der Waals surface area contributed by atoms with Crippen LogP contribution < -0.4 is 15.5 Å². The van der Waals surface area contributed by atoms with Crippen LogP contribution in [0.3, 0.4) is 0 Å². The van der Waals surface area contributed by atoms with Gasteiger partial charge in [0.25, 0.3) is 5.91 Å². The van der Waals surface area contributed by atoms with E-state index in [4.69, 9.17) is 5.10 Å². The van der Waals surface area contributed by atoms with E-state index in [9.17, 15) is 29.5 Å². The molecule has 1 saturated carbocycles. The lowest BCUT2D eigenvalue weighted by molar-refractivity contribution is -0.138. The number of piperidine rings is 1. The zero-order valence-electron chi connectivity index (χ0n) is 33.9. The summed E-state index contributed by atoms with van der Waals surface area (Å²) in [6.07, 6.45) is 7.29. The van der Waals surface area contributed by atoms with Gasteiger partial charge in [-0.15, -0.1) is 0 Å². The van der Waals surface area contributed by atoms with Crippen molar-refractivity contribution in [2.45, 2.75) is 76.0 Å². The minimum atomic E-state index is -1.27. The predicted octanol–water partition coefficient (Wildman–Crippen LogP) is 4.60. The number of aromatic nitrogens is 4. The van der Waals surface area contributed by atoms with Crippen molar-refractivity contribution < 1.29 is 33.1 Å². The Morgan fingerprint density at radius 1 is 0.951 bits per heavy atom. The summed E-state index contributed by atoms with van der Waals surface area (Å²) in [6.45, 7) is 6.81. The van der Waals surface area contributed by atoms with Crippen LogP contribution in [-0.2, 0) is 20.0 Å². The highest BCUT2D eigenvalue weighted by atomic mass is 19.1. The van der Waals surface area contributed by atoms with Crippen LogP contribution in [0, 0.1) is 28.9 Å². The molecule has 4 fully saturated rings. The number of benzene rings is 2. The summed E-state index contributed by atoms with van der Waals surface area (Å²) in [4.78, 5) is 56.8. The number of piperazine rings is 1. The second-order valence-electron chi connectivity index (χ2n) is 17.2. The van der Waals surface area contributed by atoms with Crippen LogP contribution in [0.4, 0.5) is 20.2 Å². The number of rotatable bonds is 8. The Labute approximate surface area is 349 Å². The minimum Gasteiger partial charge on any atom is -0.386 e. The molecule has 1 atom stereocenters. The van der Waals surface area contributed by atoms with Crippen LogP contribution in [-0.4, -0.2) is 103 Å². The first-order valence-corrected chi connectivity index (χ1v) is 20.8. The molecule has 4 aliphatic rings. The molecule has 0 radical (unpaired) electrons. The average molecular weight is 833 g/mol. The van der Waals surface area contributed by atoms with E-state index in [0.29, 0.717) is 71.4 Å². The largest absolute Gasteiger partial charge is 0.386 e. The number of fused-ring (bicyclic) bond motifs is 2. The number of halogens is 2. The Morgan fingerprint density at radius 2 is 1.66 bits per heavy atom. The third-order valence-corrected chi connectivity index (χ3v) is 12.9. The zero-order valence-corrected chi connectivity index (χ0v) is 33.9. The maximum Gasteiger partial charge on any atom is 0.274 e. The molecule has 2 aromatic carbocycles. The fourth-order valence-corrected chi connectivity index (χ4v) is 9.46. The normalized spacial score (nSPS) is 21.7. The van der Waals surface area contributed by atoms with Gasteiger partial charge in [0, 0.05) is 85.8 Å². The molecule has 0 unspecified atom stereocenters. The Kier molecular flexibility index (Phi) is 10.3. The quantitative estimate of drug-likeness (QED) is 0.187. The third-order valence-electron chi connectivity index (χ3n) is 12.9. The van der Waals surface area contributed by atoms with E-state index in [1.807, 2.05) is 27.9 Å². The Balaban J connectivity index is 0.778. The molecule has 17 heteroatoms. The van der Waals surface area contributed by atoms with Crippen LogP contribution in [0.2, 0.25) is 0 Å². The summed E-state index contributed by atoms with van der Waals surface area (Å²) in [5.41, 5.74) is 1.72. The number of imide groups is 1. The van der Waals surface area contributed by atoms with Crippen molar-refractivity contribution in [2.24, 2.45) is 5.92 Å². The number of carbonyl (C=O) groups excluding carboxylic acids is 4. The summed E-state index contributed by atoms with van der Waals surface area (Å²) in [5.74, 6) is -4.50. The number of amides is 4. The van der Waals surface area contributed by atoms with Gasteiger partial charge in [0.05, 0.1) is 46.3 Å². The molecular formula is C44H46F2N10O5. The lowest BCUT2D eigenvalue weighted by atomic mass is 9.89. The maximum absolute atomic E-state index is 15.1. The van der Waals surface area contributed by atoms with Crippen LogP contribution >= 0.6 is 0 Å². The monoisotopic (exact) mass is 832 g/mol. The topological polar surface area (TPSA) is 181 Å². The lowest BCUT2D eigenvalue weighted by Crippen LogP contribution is -2.59. The van der Waals surface area contributed by atoms with Crippen molar-refractivity contribution >= 4 is 51.4 Å². The number of hydrogen-bond acceptors (Lipinski definition) is 10. The van der Waals surface area contributed by atoms with Gasteiger partial charge in [0.15, 0.2) is 0 Å². The average Bonchev–Trinajstić information content (AvgIpc) is 3.84. The molecule has 316 valence electrons. The van der Waals surface area contributed by atoms with E-state index in [-0.39, 0.29) is 36.3 Å². The molecule has 6 heterocycles. The second kappa shape index (κ2) is 15.7. The van der Waals surface area contributed by atoms with E-state index < -0.39 is 40.9 Å². The van der Waals surface area contributed by atoms with Crippen LogP contribution in [0.25, 0.3) is 16.4 Å². The summed E-state index contributed by atoms with van der Waals surface area (Å²) in [5, 5.41) is 35.5. The smallest absolute Gasteiger partial charge is 0.274 e. The first-order chi connectivity index (χ1) is 29.2. The molecule has 3 aromatic heterocycles. The maximum atomic E-state index is 15.1. The van der Waals surface area contributed by atoms with Gasteiger partial charge in [0.2, 0.25) is 17.7 Å². The number of nitrogens with zero attached hydrogens (tertiary/aromatic N) is 8. The number of anilines is 2. The molecule has 3 N–H and O–H groups in total. The molecule has 0 spiro atoms. The lowest BCUT2D eigenvalue weighted by Gasteiger charge is -2.45. The minimum absolute atomic E-state index is 0.0213. The van der Waals surface area contributed by atoms with Gasteiger partial charge in [0.1, 0.15) is 23.4 Å². The zero-order chi connectivity index (χ0) is 42.7. The number of nitrogens with one attached hydrogen (secondary N) is 2. The molecule has 4 amide bonds. The highest BCUT2D eigenvalue weighted by Gasteiger charge is 2.39. The van der Waals surface area contributed by atoms with Gasteiger partial charge >= 0.3 is 0 Å². The molecular weight excluding hydrogens is 787 g/mol. The predicted molar refractivity (Wildman–Crippen MR) is 219 cm³/mol. The van der Waals surface area contributed by atoms with Crippen molar-refractivity contribution in [1.29, 1.82) is 5.26 Å². The van der Waals surface area contributed by atoms with Crippen LogP contribution in [0.5, 0.6) is 0 Å². The van der Waals surface area contributed by atoms with Gasteiger partial charge in [-0.25, -0.2) is 13.3 Å². The van der Waals surface area contributed by atoms with Crippen molar-refractivity contribution in [3.05, 3.63) is 88.9 Å². The number of nitriles is 1. The van der Waals surface area contributed by atoms with Crippen molar-refractivity contribution in [2.75, 3.05) is 49.5 Å². The van der Waals surface area contributed by atoms with E-state index in [0.717, 1.165) is 44.2 Å². The third kappa shape index (κ3) is 7.70.